The predicted molar refractivity (Wildman–Crippen MR) is 104 cm³/mol. The van der Waals surface area contributed by atoms with Crippen LogP contribution in [-0.2, 0) is 29.1 Å². The highest BCUT2D eigenvalue weighted by atomic mass is 16.5. The van der Waals surface area contributed by atoms with Crippen LogP contribution >= 0.6 is 0 Å². The minimum atomic E-state index is 0.486. The Kier molecular flexibility index (Phi) is 6.27. The number of hydrogen-bond donors (Lipinski definition) is 0. The van der Waals surface area contributed by atoms with Crippen LogP contribution in [0.1, 0.15) is 43.5 Å². The molecule has 0 spiro atoms. The maximum Gasteiger partial charge on any atom is 0.0534 e. The van der Waals surface area contributed by atoms with Crippen molar-refractivity contribution in [3.05, 3.63) is 42.0 Å². The first kappa shape index (κ1) is 18.7. The van der Waals surface area contributed by atoms with Gasteiger partial charge in [-0.05, 0) is 44.2 Å². The van der Waals surface area contributed by atoms with E-state index in [4.69, 9.17) is 9.47 Å². The van der Waals surface area contributed by atoms with Crippen molar-refractivity contribution in [3.63, 3.8) is 0 Å². The maximum atomic E-state index is 6.04. The van der Waals surface area contributed by atoms with Crippen LogP contribution in [0, 0.1) is 5.92 Å². The highest BCUT2D eigenvalue weighted by Gasteiger charge is 2.24. The number of nitrogens with zero attached hydrogens (tertiary/aromatic N) is 4. The summed E-state index contributed by atoms with van der Waals surface area (Å²) in [5.74, 6) is 0.679. The normalized spacial score (nSPS) is 21.4. The summed E-state index contributed by atoms with van der Waals surface area (Å²) >= 11 is 0. The molecule has 1 saturated heterocycles. The average molecular weight is 373 g/mol. The van der Waals surface area contributed by atoms with Gasteiger partial charge in [0.05, 0.1) is 6.20 Å². The van der Waals surface area contributed by atoms with Crippen molar-refractivity contribution >= 4 is 0 Å². The molecule has 4 rings (SSSR count). The van der Waals surface area contributed by atoms with E-state index in [1.807, 2.05) is 10.9 Å². The van der Waals surface area contributed by atoms with Crippen molar-refractivity contribution in [1.29, 1.82) is 0 Å². The van der Waals surface area contributed by atoms with Gasteiger partial charge in [0.25, 0.3) is 0 Å². The lowest BCUT2D eigenvalue weighted by Gasteiger charge is -2.35. The van der Waals surface area contributed by atoms with Gasteiger partial charge in [0.1, 0.15) is 0 Å². The second-order valence-electron chi connectivity index (χ2n) is 7.85. The number of rotatable bonds is 8. The molecular weight excluding hydrogens is 340 g/mol. The van der Waals surface area contributed by atoms with Crippen LogP contribution in [0.25, 0.3) is 0 Å². The van der Waals surface area contributed by atoms with Crippen molar-refractivity contribution in [2.75, 3.05) is 33.0 Å². The Labute approximate surface area is 162 Å². The summed E-state index contributed by atoms with van der Waals surface area (Å²) < 4.78 is 15.9. The SMILES string of the molecule is CCn1cc(CN2Cc3cccn3[C@@H](CCOCC3CCOCC3)C2)cn1. The second-order valence-corrected chi connectivity index (χ2v) is 7.85. The first-order valence-electron chi connectivity index (χ1n) is 10.4. The molecule has 2 aromatic heterocycles. The zero-order chi connectivity index (χ0) is 18.5. The predicted octanol–water partition coefficient (Wildman–Crippen LogP) is 3.09. The molecule has 2 aliphatic rings. The van der Waals surface area contributed by atoms with Gasteiger partial charge in [-0.25, -0.2) is 0 Å². The molecule has 1 fully saturated rings. The van der Waals surface area contributed by atoms with E-state index < -0.39 is 0 Å². The second kappa shape index (κ2) is 9.04. The summed E-state index contributed by atoms with van der Waals surface area (Å²) in [7, 11) is 0. The van der Waals surface area contributed by atoms with Gasteiger partial charge in [0.2, 0.25) is 0 Å². The van der Waals surface area contributed by atoms with Crippen LogP contribution in [0.15, 0.2) is 30.7 Å². The number of aromatic nitrogens is 3. The fraction of sp³-hybridized carbons (Fsp3) is 0.667. The van der Waals surface area contributed by atoms with Crippen molar-refractivity contribution in [3.8, 4) is 0 Å². The van der Waals surface area contributed by atoms with E-state index in [1.54, 1.807) is 0 Å². The van der Waals surface area contributed by atoms with E-state index in [9.17, 15) is 0 Å². The van der Waals surface area contributed by atoms with Crippen LogP contribution in [0.4, 0.5) is 0 Å². The fourth-order valence-corrected chi connectivity index (χ4v) is 4.25. The van der Waals surface area contributed by atoms with E-state index in [1.165, 1.54) is 11.3 Å². The highest BCUT2D eigenvalue weighted by Crippen LogP contribution is 2.26. The molecule has 2 aliphatic heterocycles. The van der Waals surface area contributed by atoms with E-state index in [2.05, 4.69) is 46.0 Å². The molecule has 0 aliphatic carbocycles. The fourth-order valence-electron chi connectivity index (χ4n) is 4.25. The number of aryl methyl sites for hydroxylation is 1. The molecule has 0 bridgehead atoms. The van der Waals surface area contributed by atoms with E-state index in [0.717, 1.165) is 71.9 Å². The van der Waals surface area contributed by atoms with Crippen LogP contribution in [0.5, 0.6) is 0 Å². The minimum absolute atomic E-state index is 0.486. The van der Waals surface area contributed by atoms with Crippen molar-refractivity contribution in [2.24, 2.45) is 5.92 Å². The Morgan fingerprint density at radius 2 is 2.19 bits per heavy atom. The van der Waals surface area contributed by atoms with Gasteiger partial charge in [-0.15, -0.1) is 0 Å². The summed E-state index contributed by atoms with van der Waals surface area (Å²) in [4.78, 5) is 2.54. The monoisotopic (exact) mass is 372 g/mol. The van der Waals surface area contributed by atoms with Crippen LogP contribution < -0.4 is 0 Å². The number of fused-ring (bicyclic) bond motifs is 1. The van der Waals surface area contributed by atoms with Gasteiger partial charge in [0, 0.05) is 82.3 Å². The Hall–Kier alpha value is -1.63. The van der Waals surface area contributed by atoms with Gasteiger partial charge in [0.15, 0.2) is 0 Å². The Balaban J connectivity index is 1.29. The maximum absolute atomic E-state index is 6.04. The molecule has 6 nitrogen and oxygen atoms in total. The van der Waals surface area contributed by atoms with Crippen molar-refractivity contribution in [2.45, 2.75) is 51.9 Å². The zero-order valence-electron chi connectivity index (χ0n) is 16.4. The summed E-state index contributed by atoms with van der Waals surface area (Å²) in [6, 6.07) is 4.90. The Morgan fingerprint density at radius 1 is 1.30 bits per heavy atom. The van der Waals surface area contributed by atoms with Gasteiger partial charge in [-0.2, -0.15) is 5.10 Å². The number of ether oxygens (including phenoxy) is 2. The molecule has 0 N–H and O–H groups in total. The smallest absolute Gasteiger partial charge is 0.0534 e. The highest BCUT2D eigenvalue weighted by molar-refractivity contribution is 5.13. The first-order chi connectivity index (χ1) is 13.3. The molecule has 148 valence electrons. The summed E-state index contributed by atoms with van der Waals surface area (Å²) in [6.07, 6.45) is 9.75. The summed E-state index contributed by atoms with van der Waals surface area (Å²) in [6.45, 7) is 9.60. The minimum Gasteiger partial charge on any atom is -0.381 e. The Bertz CT molecular complexity index is 705. The van der Waals surface area contributed by atoms with Crippen LogP contribution in [0.3, 0.4) is 0 Å². The Morgan fingerprint density at radius 3 is 3.00 bits per heavy atom. The largest absolute Gasteiger partial charge is 0.381 e. The van der Waals surface area contributed by atoms with Gasteiger partial charge >= 0.3 is 0 Å². The first-order valence-corrected chi connectivity index (χ1v) is 10.4. The van der Waals surface area contributed by atoms with E-state index in [-0.39, 0.29) is 0 Å². The molecule has 1 atom stereocenters. The van der Waals surface area contributed by atoms with Crippen LogP contribution in [-0.4, -0.2) is 52.2 Å². The molecule has 0 aromatic carbocycles. The molecule has 0 saturated carbocycles. The third-order valence-electron chi connectivity index (χ3n) is 5.82. The van der Waals surface area contributed by atoms with Gasteiger partial charge < -0.3 is 14.0 Å². The van der Waals surface area contributed by atoms with Gasteiger partial charge in [-0.1, -0.05) is 0 Å². The molecule has 0 amide bonds. The van der Waals surface area contributed by atoms with Crippen LogP contribution in [0.2, 0.25) is 0 Å². The molecule has 27 heavy (non-hydrogen) atoms. The van der Waals surface area contributed by atoms with Gasteiger partial charge in [-0.3, -0.25) is 9.58 Å². The summed E-state index contributed by atoms with van der Waals surface area (Å²) in [5.41, 5.74) is 2.70. The molecular formula is C21H32N4O2. The molecule has 4 heterocycles. The van der Waals surface area contributed by atoms with E-state index in [0.29, 0.717) is 12.0 Å². The van der Waals surface area contributed by atoms with Crippen molar-refractivity contribution < 1.29 is 9.47 Å². The average Bonchev–Trinajstić information content (AvgIpc) is 3.35. The van der Waals surface area contributed by atoms with E-state index >= 15 is 0 Å². The molecule has 6 heteroatoms. The third kappa shape index (κ3) is 4.81. The molecule has 0 radical (unpaired) electrons. The summed E-state index contributed by atoms with van der Waals surface area (Å²) in [5, 5.41) is 4.41. The number of hydrogen-bond acceptors (Lipinski definition) is 4. The quantitative estimate of drug-likeness (QED) is 0.668. The van der Waals surface area contributed by atoms with Crippen molar-refractivity contribution in [1.82, 2.24) is 19.2 Å². The lowest BCUT2D eigenvalue weighted by molar-refractivity contribution is 0.0160. The zero-order valence-corrected chi connectivity index (χ0v) is 16.4. The molecule has 0 unspecified atom stereocenters. The lowest BCUT2D eigenvalue weighted by atomic mass is 10.0. The topological polar surface area (TPSA) is 44.5 Å². The molecule has 2 aromatic rings. The third-order valence-corrected chi connectivity index (χ3v) is 5.82. The lowest BCUT2D eigenvalue weighted by Crippen LogP contribution is -2.37. The standard InChI is InChI=1S/C21H32N4O2/c1-2-24-14-19(12-22-24)13-23-15-20-4-3-8-25(20)21(16-23)7-11-27-17-18-5-9-26-10-6-18/h3-4,8,12,14,18,21H,2,5-7,9-11,13,15-17H2,1H3/t21-/m0/s1.